The molecule has 6 nitrogen and oxygen atoms in total. The van der Waals surface area contributed by atoms with Crippen molar-refractivity contribution in [2.45, 2.75) is 13.8 Å². The monoisotopic (exact) mass is 408 g/mol. The van der Waals surface area contributed by atoms with Crippen molar-refractivity contribution < 1.29 is 19.1 Å². The number of ether oxygens (including phenoxy) is 2. The second kappa shape index (κ2) is 10.9. The fourth-order valence-corrected chi connectivity index (χ4v) is 2.83. The molecule has 2 aromatic rings. The molecule has 0 aliphatic rings. The Balaban J connectivity index is 1.98. The molecule has 2 amide bonds. The SMILES string of the molecule is C=CCOc1ccc(/C=C/C(=O)N(C)CC(=O)Nc2c(C)cccc2C)cc1OC. The first-order chi connectivity index (χ1) is 14.3. The molecular weight excluding hydrogens is 380 g/mol. The molecule has 30 heavy (non-hydrogen) atoms. The second-order valence-electron chi connectivity index (χ2n) is 6.85. The van der Waals surface area contributed by atoms with Gasteiger partial charge in [0.2, 0.25) is 11.8 Å². The number of hydrogen-bond donors (Lipinski definition) is 1. The number of hydrogen-bond acceptors (Lipinski definition) is 4. The Morgan fingerprint density at radius 3 is 2.47 bits per heavy atom. The van der Waals surface area contributed by atoms with Crippen LogP contribution in [0.2, 0.25) is 0 Å². The summed E-state index contributed by atoms with van der Waals surface area (Å²) in [6.45, 7) is 7.81. The Morgan fingerprint density at radius 1 is 1.13 bits per heavy atom. The van der Waals surface area contributed by atoms with Crippen LogP contribution in [0.15, 0.2) is 55.1 Å². The van der Waals surface area contributed by atoms with E-state index in [4.69, 9.17) is 9.47 Å². The number of aryl methyl sites for hydroxylation is 2. The fraction of sp³-hybridized carbons (Fsp3) is 0.250. The van der Waals surface area contributed by atoms with E-state index in [2.05, 4.69) is 11.9 Å². The summed E-state index contributed by atoms with van der Waals surface area (Å²) in [4.78, 5) is 26.1. The van der Waals surface area contributed by atoms with E-state index in [1.165, 1.54) is 11.0 Å². The molecule has 2 aromatic carbocycles. The van der Waals surface area contributed by atoms with E-state index in [1.54, 1.807) is 38.4 Å². The molecule has 0 saturated carbocycles. The largest absolute Gasteiger partial charge is 0.493 e. The van der Waals surface area contributed by atoms with Crippen molar-refractivity contribution in [2.24, 2.45) is 0 Å². The van der Waals surface area contributed by atoms with Gasteiger partial charge in [0.15, 0.2) is 11.5 Å². The summed E-state index contributed by atoms with van der Waals surface area (Å²) >= 11 is 0. The molecule has 0 aromatic heterocycles. The Bertz CT molecular complexity index is 930. The molecule has 0 spiro atoms. The number of anilines is 1. The average Bonchev–Trinajstić information content (AvgIpc) is 2.73. The van der Waals surface area contributed by atoms with Gasteiger partial charge in [-0.3, -0.25) is 9.59 Å². The van der Waals surface area contributed by atoms with Crippen LogP contribution in [0.1, 0.15) is 16.7 Å². The second-order valence-corrected chi connectivity index (χ2v) is 6.85. The highest BCUT2D eigenvalue weighted by Crippen LogP contribution is 2.28. The third kappa shape index (κ3) is 6.24. The molecule has 0 heterocycles. The van der Waals surface area contributed by atoms with Crippen molar-refractivity contribution in [1.82, 2.24) is 4.90 Å². The van der Waals surface area contributed by atoms with Crippen molar-refractivity contribution in [1.29, 1.82) is 0 Å². The lowest BCUT2D eigenvalue weighted by Crippen LogP contribution is -2.34. The van der Waals surface area contributed by atoms with Gasteiger partial charge in [0, 0.05) is 18.8 Å². The predicted octanol–water partition coefficient (Wildman–Crippen LogP) is 3.99. The van der Waals surface area contributed by atoms with Gasteiger partial charge in [-0.05, 0) is 48.7 Å². The number of nitrogens with zero attached hydrogens (tertiary/aromatic N) is 1. The zero-order chi connectivity index (χ0) is 22.1. The van der Waals surface area contributed by atoms with Crippen molar-refractivity contribution >= 4 is 23.6 Å². The van der Waals surface area contributed by atoms with E-state index >= 15 is 0 Å². The molecule has 2 rings (SSSR count). The van der Waals surface area contributed by atoms with Gasteiger partial charge in [0.1, 0.15) is 6.61 Å². The minimum Gasteiger partial charge on any atom is -0.493 e. The number of benzene rings is 2. The summed E-state index contributed by atoms with van der Waals surface area (Å²) in [6, 6.07) is 11.2. The fourth-order valence-electron chi connectivity index (χ4n) is 2.83. The van der Waals surface area contributed by atoms with Crippen LogP contribution in [-0.2, 0) is 9.59 Å². The Hall–Kier alpha value is -3.54. The number of carbonyl (C=O) groups excluding carboxylic acids is 2. The first kappa shape index (κ1) is 22.7. The van der Waals surface area contributed by atoms with Gasteiger partial charge in [0.05, 0.1) is 13.7 Å². The van der Waals surface area contributed by atoms with Crippen LogP contribution in [0.25, 0.3) is 6.08 Å². The summed E-state index contributed by atoms with van der Waals surface area (Å²) in [6.07, 6.45) is 4.74. The highest BCUT2D eigenvalue weighted by molar-refractivity contribution is 5.98. The zero-order valence-corrected chi connectivity index (χ0v) is 17.9. The summed E-state index contributed by atoms with van der Waals surface area (Å²) in [5.74, 6) is 0.633. The number of methoxy groups -OCH3 is 1. The van der Waals surface area contributed by atoms with Gasteiger partial charge in [-0.25, -0.2) is 0 Å². The quantitative estimate of drug-likeness (QED) is 0.503. The normalized spacial score (nSPS) is 10.5. The highest BCUT2D eigenvalue weighted by atomic mass is 16.5. The van der Waals surface area contributed by atoms with Crippen LogP contribution in [0.3, 0.4) is 0 Å². The Labute approximate surface area is 177 Å². The van der Waals surface area contributed by atoms with E-state index in [1.807, 2.05) is 38.1 Å². The molecule has 0 fully saturated rings. The highest BCUT2D eigenvalue weighted by Gasteiger charge is 2.13. The van der Waals surface area contributed by atoms with Crippen molar-refractivity contribution in [3.63, 3.8) is 0 Å². The van der Waals surface area contributed by atoms with Crippen molar-refractivity contribution in [3.8, 4) is 11.5 Å². The smallest absolute Gasteiger partial charge is 0.246 e. The maximum absolute atomic E-state index is 12.4. The molecule has 0 bridgehead atoms. The summed E-state index contributed by atoms with van der Waals surface area (Å²) in [5.41, 5.74) is 3.52. The number of amides is 2. The van der Waals surface area contributed by atoms with E-state index < -0.39 is 0 Å². The molecule has 0 unspecified atom stereocenters. The lowest BCUT2D eigenvalue weighted by atomic mass is 10.1. The topological polar surface area (TPSA) is 67.9 Å². The van der Waals surface area contributed by atoms with Crippen molar-refractivity contribution in [3.05, 3.63) is 71.8 Å². The van der Waals surface area contributed by atoms with Gasteiger partial charge in [-0.15, -0.1) is 0 Å². The summed E-state index contributed by atoms with van der Waals surface area (Å²) in [7, 11) is 3.14. The number of para-hydroxylation sites is 1. The lowest BCUT2D eigenvalue weighted by molar-refractivity contribution is -0.129. The minimum absolute atomic E-state index is 0.0470. The predicted molar refractivity (Wildman–Crippen MR) is 120 cm³/mol. The first-order valence-corrected chi connectivity index (χ1v) is 9.56. The Morgan fingerprint density at radius 2 is 1.83 bits per heavy atom. The van der Waals surface area contributed by atoms with E-state index in [0.717, 1.165) is 22.4 Å². The van der Waals surface area contributed by atoms with E-state index in [0.29, 0.717) is 18.1 Å². The van der Waals surface area contributed by atoms with Crippen molar-refractivity contribution in [2.75, 3.05) is 32.6 Å². The molecule has 0 saturated heterocycles. The number of likely N-dealkylation sites (N-methyl/N-ethyl adjacent to an activating group) is 1. The zero-order valence-electron chi connectivity index (χ0n) is 17.9. The first-order valence-electron chi connectivity index (χ1n) is 9.56. The van der Waals surface area contributed by atoms with Gasteiger partial charge < -0.3 is 19.7 Å². The van der Waals surface area contributed by atoms with Crippen LogP contribution in [0.4, 0.5) is 5.69 Å². The molecular formula is C24H28N2O4. The summed E-state index contributed by atoms with van der Waals surface area (Å²) in [5, 5.41) is 2.88. The average molecular weight is 408 g/mol. The Kier molecular flexibility index (Phi) is 8.23. The van der Waals surface area contributed by atoms with Crippen LogP contribution in [-0.4, -0.2) is 44.0 Å². The van der Waals surface area contributed by atoms with Gasteiger partial charge in [-0.2, -0.15) is 0 Å². The minimum atomic E-state index is -0.280. The van der Waals surface area contributed by atoms with Gasteiger partial charge >= 0.3 is 0 Å². The lowest BCUT2D eigenvalue weighted by Gasteiger charge is -2.16. The van der Waals surface area contributed by atoms with Crippen LogP contribution in [0.5, 0.6) is 11.5 Å². The molecule has 0 atom stereocenters. The van der Waals surface area contributed by atoms with Gasteiger partial charge in [-0.1, -0.05) is 36.9 Å². The molecule has 0 radical (unpaired) electrons. The third-order valence-corrected chi connectivity index (χ3v) is 4.47. The van der Waals surface area contributed by atoms with Crippen LogP contribution in [0, 0.1) is 13.8 Å². The standard InChI is InChI=1S/C24H28N2O4/c1-6-14-30-20-12-10-19(15-21(20)29-5)11-13-23(28)26(4)16-22(27)25-24-17(2)8-7-9-18(24)3/h6-13,15H,1,14,16H2,2-5H3,(H,25,27)/b13-11+. The third-order valence-electron chi connectivity index (χ3n) is 4.47. The molecule has 0 aliphatic heterocycles. The number of rotatable bonds is 9. The maximum atomic E-state index is 12.4. The van der Waals surface area contributed by atoms with E-state index in [-0.39, 0.29) is 18.4 Å². The maximum Gasteiger partial charge on any atom is 0.246 e. The van der Waals surface area contributed by atoms with Crippen LogP contribution >= 0.6 is 0 Å². The number of nitrogens with one attached hydrogen (secondary N) is 1. The van der Waals surface area contributed by atoms with E-state index in [9.17, 15) is 9.59 Å². The number of carbonyl (C=O) groups is 2. The van der Waals surface area contributed by atoms with Crippen LogP contribution < -0.4 is 14.8 Å². The van der Waals surface area contributed by atoms with Gasteiger partial charge in [0.25, 0.3) is 0 Å². The molecule has 0 aliphatic carbocycles. The molecule has 1 N–H and O–H groups in total. The summed E-state index contributed by atoms with van der Waals surface area (Å²) < 4.78 is 10.8. The molecule has 158 valence electrons. The molecule has 6 heteroatoms.